The van der Waals surface area contributed by atoms with Gasteiger partial charge in [0.2, 0.25) is 6.79 Å². The Morgan fingerprint density at radius 3 is 2.57 bits per heavy atom. The minimum Gasteiger partial charge on any atom is -0.507 e. The fraction of sp³-hybridized carbons (Fsp3) is 0.333. The van der Waals surface area contributed by atoms with Gasteiger partial charge >= 0.3 is 0 Å². The fourth-order valence-electron chi connectivity index (χ4n) is 3.02. The quantitative estimate of drug-likeness (QED) is 0.501. The number of hydrazone groups is 1. The first-order valence-corrected chi connectivity index (χ1v) is 9.42. The van der Waals surface area contributed by atoms with Crippen molar-refractivity contribution in [3.05, 3.63) is 53.1 Å². The van der Waals surface area contributed by atoms with Crippen molar-refractivity contribution in [3.8, 4) is 17.2 Å². The maximum atomic E-state index is 12.4. The van der Waals surface area contributed by atoms with E-state index in [0.29, 0.717) is 22.8 Å². The van der Waals surface area contributed by atoms with E-state index in [-0.39, 0.29) is 18.4 Å². The van der Waals surface area contributed by atoms with Crippen molar-refractivity contribution < 1.29 is 24.3 Å². The molecule has 0 unspecified atom stereocenters. The van der Waals surface area contributed by atoms with Gasteiger partial charge in [0, 0.05) is 11.1 Å². The third-order valence-electron chi connectivity index (χ3n) is 4.90. The van der Waals surface area contributed by atoms with E-state index in [1.54, 1.807) is 30.3 Å². The zero-order valence-electron chi connectivity index (χ0n) is 16.4. The molecule has 1 heterocycles. The lowest BCUT2D eigenvalue weighted by Crippen LogP contribution is -3.10. The maximum absolute atomic E-state index is 12.4. The van der Waals surface area contributed by atoms with Gasteiger partial charge in [0.1, 0.15) is 12.3 Å². The van der Waals surface area contributed by atoms with Crippen LogP contribution in [0.25, 0.3) is 0 Å². The lowest BCUT2D eigenvalue weighted by Gasteiger charge is -2.16. The first-order chi connectivity index (χ1) is 13.5. The number of quaternary nitrogens is 1. The Hall–Kier alpha value is -3.06. The van der Waals surface area contributed by atoms with Crippen LogP contribution in [0.1, 0.15) is 42.3 Å². The standard InChI is InChI=1S/C21H25N3O4/c1-4-24(5-2)12-17-10-15(6-8-18(17)25)14(3)22-23-21(26)16-7-9-19-20(11-16)28-13-27-19/h6-11,25H,4-5,12-13H2,1-3H3,(H,23,26)/p+1/b22-14+. The summed E-state index contributed by atoms with van der Waals surface area (Å²) >= 11 is 0. The van der Waals surface area contributed by atoms with Gasteiger partial charge in [0.25, 0.3) is 5.91 Å². The molecule has 0 saturated heterocycles. The number of carbonyl (C=O) groups is 1. The first kappa shape index (κ1) is 19.7. The van der Waals surface area contributed by atoms with E-state index in [1.165, 1.54) is 4.90 Å². The monoisotopic (exact) mass is 384 g/mol. The topological polar surface area (TPSA) is 84.6 Å². The average Bonchev–Trinajstić information content (AvgIpc) is 3.19. The van der Waals surface area contributed by atoms with Crippen LogP contribution >= 0.6 is 0 Å². The van der Waals surface area contributed by atoms with E-state index in [2.05, 4.69) is 24.4 Å². The molecule has 3 N–H and O–H groups in total. The van der Waals surface area contributed by atoms with E-state index in [1.807, 2.05) is 13.0 Å². The third kappa shape index (κ3) is 4.43. The van der Waals surface area contributed by atoms with Gasteiger partial charge in [-0.3, -0.25) is 4.79 Å². The van der Waals surface area contributed by atoms with Crippen LogP contribution in [0.15, 0.2) is 41.5 Å². The predicted molar refractivity (Wildman–Crippen MR) is 106 cm³/mol. The van der Waals surface area contributed by atoms with Gasteiger partial charge in [-0.15, -0.1) is 0 Å². The van der Waals surface area contributed by atoms with Crippen molar-refractivity contribution in [2.75, 3.05) is 19.9 Å². The van der Waals surface area contributed by atoms with Crippen LogP contribution in [0, 0.1) is 0 Å². The number of amides is 1. The third-order valence-corrected chi connectivity index (χ3v) is 4.90. The average molecular weight is 384 g/mol. The number of phenols is 1. The summed E-state index contributed by atoms with van der Waals surface area (Å²) < 4.78 is 10.5. The first-order valence-electron chi connectivity index (χ1n) is 9.42. The Kier molecular flexibility index (Phi) is 6.16. The van der Waals surface area contributed by atoms with Gasteiger partial charge in [-0.2, -0.15) is 5.10 Å². The molecule has 0 saturated carbocycles. The van der Waals surface area contributed by atoms with E-state index in [0.717, 1.165) is 30.8 Å². The molecule has 2 aromatic carbocycles. The number of phenolic OH excluding ortho intramolecular Hbond substituents is 1. The smallest absolute Gasteiger partial charge is 0.271 e. The molecule has 3 rings (SSSR count). The van der Waals surface area contributed by atoms with Crippen molar-refractivity contribution in [2.45, 2.75) is 27.3 Å². The molecule has 1 aliphatic heterocycles. The summed E-state index contributed by atoms with van der Waals surface area (Å²) in [5.74, 6) is 1.13. The van der Waals surface area contributed by atoms with Gasteiger partial charge in [0.05, 0.1) is 18.8 Å². The van der Waals surface area contributed by atoms with Crippen molar-refractivity contribution in [3.63, 3.8) is 0 Å². The van der Waals surface area contributed by atoms with Crippen LogP contribution in [0.3, 0.4) is 0 Å². The number of hydrogen-bond donors (Lipinski definition) is 3. The molecule has 28 heavy (non-hydrogen) atoms. The number of hydrogen-bond acceptors (Lipinski definition) is 5. The van der Waals surface area contributed by atoms with Crippen LogP contribution in [-0.2, 0) is 6.54 Å². The summed E-state index contributed by atoms with van der Waals surface area (Å²) in [6.07, 6.45) is 0. The predicted octanol–water partition coefficient (Wildman–Crippen LogP) is 1.70. The molecule has 7 heteroatoms. The number of carbonyl (C=O) groups excluding carboxylic acids is 1. The molecule has 2 aromatic rings. The van der Waals surface area contributed by atoms with Gasteiger partial charge in [-0.1, -0.05) is 0 Å². The molecular weight excluding hydrogens is 358 g/mol. The van der Waals surface area contributed by atoms with E-state index < -0.39 is 0 Å². The van der Waals surface area contributed by atoms with Crippen LogP contribution in [0.2, 0.25) is 0 Å². The number of ether oxygens (including phenoxy) is 2. The van der Waals surface area contributed by atoms with E-state index in [9.17, 15) is 9.90 Å². The molecule has 0 aromatic heterocycles. The van der Waals surface area contributed by atoms with E-state index in [4.69, 9.17) is 9.47 Å². The molecule has 0 spiro atoms. The molecule has 0 fully saturated rings. The molecule has 0 atom stereocenters. The largest absolute Gasteiger partial charge is 0.507 e. The zero-order valence-corrected chi connectivity index (χ0v) is 16.4. The lowest BCUT2D eigenvalue weighted by molar-refractivity contribution is -0.910. The summed E-state index contributed by atoms with van der Waals surface area (Å²) in [6, 6.07) is 10.4. The fourth-order valence-corrected chi connectivity index (χ4v) is 3.02. The second-order valence-corrected chi connectivity index (χ2v) is 6.68. The molecule has 0 aliphatic carbocycles. The SMILES string of the molecule is CC[NH+](CC)Cc1cc(/C(C)=N/NC(=O)c2ccc3c(c2)OCO3)ccc1O. The van der Waals surface area contributed by atoms with Crippen LogP contribution < -0.4 is 19.8 Å². The Morgan fingerprint density at radius 2 is 1.82 bits per heavy atom. The highest BCUT2D eigenvalue weighted by molar-refractivity contribution is 6.01. The minimum atomic E-state index is -0.329. The Balaban J connectivity index is 1.71. The van der Waals surface area contributed by atoms with E-state index >= 15 is 0 Å². The summed E-state index contributed by atoms with van der Waals surface area (Å²) in [6.45, 7) is 8.94. The van der Waals surface area contributed by atoms with Gasteiger partial charge in [-0.05, 0) is 62.7 Å². The maximum Gasteiger partial charge on any atom is 0.271 e. The number of aromatic hydroxyl groups is 1. The van der Waals surface area contributed by atoms with Crippen molar-refractivity contribution in [2.24, 2.45) is 5.10 Å². The molecule has 0 radical (unpaired) electrons. The van der Waals surface area contributed by atoms with Crippen LogP contribution in [-0.4, -0.2) is 36.6 Å². The summed E-state index contributed by atoms with van der Waals surface area (Å²) in [7, 11) is 0. The highest BCUT2D eigenvalue weighted by atomic mass is 16.7. The lowest BCUT2D eigenvalue weighted by atomic mass is 10.1. The number of fused-ring (bicyclic) bond motifs is 1. The molecule has 148 valence electrons. The van der Waals surface area contributed by atoms with Crippen molar-refractivity contribution in [1.82, 2.24) is 5.43 Å². The Bertz CT molecular complexity index is 891. The summed E-state index contributed by atoms with van der Waals surface area (Å²) in [5, 5.41) is 14.4. The van der Waals surface area contributed by atoms with Gasteiger partial charge in [0.15, 0.2) is 11.5 Å². The highest BCUT2D eigenvalue weighted by Crippen LogP contribution is 2.32. The van der Waals surface area contributed by atoms with Crippen LogP contribution in [0.5, 0.6) is 17.2 Å². The molecule has 7 nitrogen and oxygen atoms in total. The number of nitrogens with zero attached hydrogens (tertiary/aromatic N) is 1. The summed E-state index contributed by atoms with van der Waals surface area (Å²) in [5.41, 5.74) is 5.39. The van der Waals surface area contributed by atoms with Gasteiger partial charge < -0.3 is 19.5 Å². The van der Waals surface area contributed by atoms with Crippen LogP contribution in [0.4, 0.5) is 0 Å². The summed E-state index contributed by atoms with van der Waals surface area (Å²) in [4.78, 5) is 13.7. The second kappa shape index (κ2) is 8.75. The molecular formula is C21H26N3O4+. The molecule has 0 bridgehead atoms. The highest BCUT2D eigenvalue weighted by Gasteiger charge is 2.16. The van der Waals surface area contributed by atoms with Gasteiger partial charge in [-0.25, -0.2) is 5.43 Å². The van der Waals surface area contributed by atoms with Crippen molar-refractivity contribution >= 4 is 11.6 Å². The number of nitrogens with one attached hydrogen (secondary N) is 2. The number of rotatable bonds is 7. The van der Waals surface area contributed by atoms with Crippen molar-refractivity contribution in [1.29, 1.82) is 0 Å². The second-order valence-electron chi connectivity index (χ2n) is 6.68. The normalized spacial score (nSPS) is 13.1. The minimum absolute atomic E-state index is 0.163. The Labute approximate surface area is 164 Å². The zero-order chi connectivity index (χ0) is 20.1. The molecule has 1 amide bonds. The molecule has 1 aliphatic rings. The Morgan fingerprint density at radius 1 is 1.11 bits per heavy atom. The number of benzene rings is 2.